The molecule has 4 aromatic rings. The van der Waals surface area contributed by atoms with E-state index >= 15 is 0 Å². The highest BCUT2D eigenvalue weighted by atomic mass is 16.1. The average molecular weight is 371 g/mol. The topological polar surface area (TPSA) is 64.7 Å². The summed E-state index contributed by atoms with van der Waals surface area (Å²) in [5.41, 5.74) is 2.78. The van der Waals surface area contributed by atoms with Crippen LogP contribution in [0, 0.1) is 6.92 Å². The zero-order valence-corrected chi connectivity index (χ0v) is 15.6. The molecule has 1 amide bonds. The Morgan fingerprint density at radius 1 is 0.964 bits per heavy atom. The Morgan fingerprint density at radius 3 is 2.61 bits per heavy atom. The standard InChI is InChI=1S/C22H21N5O/c1-17-23-11-13-27(17)21-14-19(9-10-24-21)15-25-22(28)20-8-5-12-26(20)16-18-6-3-2-4-7-18/h2-14H,15-16H2,1H3,(H,25,28). The summed E-state index contributed by atoms with van der Waals surface area (Å²) in [6.45, 7) is 3.02. The van der Waals surface area contributed by atoms with Gasteiger partial charge in [-0.05, 0) is 42.3 Å². The summed E-state index contributed by atoms with van der Waals surface area (Å²) in [6.07, 6.45) is 7.28. The van der Waals surface area contributed by atoms with Crippen LogP contribution in [0.4, 0.5) is 0 Å². The molecular formula is C22H21N5O. The van der Waals surface area contributed by atoms with Gasteiger partial charge in [0.05, 0.1) is 0 Å². The van der Waals surface area contributed by atoms with E-state index in [1.807, 2.05) is 70.9 Å². The molecule has 0 atom stereocenters. The Bertz CT molecular complexity index is 1080. The Kier molecular flexibility index (Phi) is 5.01. The number of amides is 1. The molecule has 140 valence electrons. The first-order valence-corrected chi connectivity index (χ1v) is 9.13. The molecule has 6 heteroatoms. The average Bonchev–Trinajstić information content (AvgIpc) is 3.36. The summed E-state index contributed by atoms with van der Waals surface area (Å²) < 4.78 is 3.87. The molecule has 0 spiro atoms. The zero-order chi connectivity index (χ0) is 19.3. The molecule has 1 N–H and O–H groups in total. The smallest absolute Gasteiger partial charge is 0.268 e. The Balaban J connectivity index is 1.44. The molecule has 0 saturated carbocycles. The molecule has 0 saturated heterocycles. The van der Waals surface area contributed by atoms with Crippen molar-refractivity contribution in [3.8, 4) is 5.82 Å². The van der Waals surface area contributed by atoms with Crippen molar-refractivity contribution in [2.75, 3.05) is 0 Å². The number of imidazole rings is 1. The van der Waals surface area contributed by atoms with Crippen LogP contribution in [0.2, 0.25) is 0 Å². The van der Waals surface area contributed by atoms with E-state index in [9.17, 15) is 4.79 Å². The maximum Gasteiger partial charge on any atom is 0.268 e. The van der Waals surface area contributed by atoms with E-state index in [0.29, 0.717) is 18.8 Å². The largest absolute Gasteiger partial charge is 0.347 e. The lowest BCUT2D eigenvalue weighted by Gasteiger charge is -2.11. The number of carbonyl (C=O) groups is 1. The van der Waals surface area contributed by atoms with Gasteiger partial charge >= 0.3 is 0 Å². The van der Waals surface area contributed by atoms with Gasteiger partial charge in [-0.3, -0.25) is 9.36 Å². The third kappa shape index (κ3) is 3.86. The summed E-state index contributed by atoms with van der Waals surface area (Å²) in [5, 5.41) is 3.00. The second kappa shape index (κ2) is 7.92. The van der Waals surface area contributed by atoms with Crippen LogP contribution in [0.25, 0.3) is 5.82 Å². The number of aromatic nitrogens is 4. The first-order valence-electron chi connectivity index (χ1n) is 9.13. The second-order valence-corrected chi connectivity index (χ2v) is 6.56. The van der Waals surface area contributed by atoms with E-state index in [1.165, 1.54) is 0 Å². The van der Waals surface area contributed by atoms with Gasteiger partial charge in [0, 0.05) is 37.9 Å². The van der Waals surface area contributed by atoms with Crippen molar-refractivity contribution in [3.05, 3.63) is 102 Å². The van der Waals surface area contributed by atoms with Crippen LogP contribution in [0.5, 0.6) is 0 Å². The highest BCUT2D eigenvalue weighted by molar-refractivity contribution is 5.92. The molecule has 28 heavy (non-hydrogen) atoms. The van der Waals surface area contributed by atoms with Crippen LogP contribution in [0.1, 0.15) is 27.4 Å². The van der Waals surface area contributed by atoms with E-state index in [0.717, 1.165) is 22.8 Å². The Hall–Kier alpha value is -3.67. The number of rotatable bonds is 6. The molecule has 3 heterocycles. The monoisotopic (exact) mass is 371 g/mol. The molecule has 0 unspecified atom stereocenters. The fourth-order valence-corrected chi connectivity index (χ4v) is 3.13. The fraction of sp³-hybridized carbons (Fsp3) is 0.136. The Labute approximate surface area is 163 Å². The van der Waals surface area contributed by atoms with Gasteiger partial charge in [-0.15, -0.1) is 0 Å². The lowest BCUT2D eigenvalue weighted by Crippen LogP contribution is -2.25. The van der Waals surface area contributed by atoms with Crippen LogP contribution < -0.4 is 5.32 Å². The van der Waals surface area contributed by atoms with Crippen molar-refractivity contribution in [2.24, 2.45) is 0 Å². The van der Waals surface area contributed by atoms with E-state index in [1.54, 1.807) is 12.4 Å². The summed E-state index contributed by atoms with van der Waals surface area (Å²) in [4.78, 5) is 21.3. The molecule has 0 aliphatic heterocycles. The summed E-state index contributed by atoms with van der Waals surface area (Å²) in [5.74, 6) is 1.56. The molecular weight excluding hydrogens is 350 g/mol. The number of aryl methyl sites for hydroxylation is 1. The van der Waals surface area contributed by atoms with Crippen molar-refractivity contribution in [1.82, 2.24) is 24.4 Å². The Morgan fingerprint density at radius 2 is 1.82 bits per heavy atom. The van der Waals surface area contributed by atoms with Gasteiger partial charge in [0.2, 0.25) is 0 Å². The van der Waals surface area contributed by atoms with Gasteiger partial charge in [-0.1, -0.05) is 30.3 Å². The van der Waals surface area contributed by atoms with Crippen molar-refractivity contribution in [2.45, 2.75) is 20.0 Å². The van der Waals surface area contributed by atoms with Gasteiger partial charge in [0.15, 0.2) is 0 Å². The van der Waals surface area contributed by atoms with E-state index in [-0.39, 0.29) is 5.91 Å². The molecule has 0 aliphatic rings. The first-order chi connectivity index (χ1) is 13.7. The molecule has 3 aromatic heterocycles. The predicted molar refractivity (Wildman–Crippen MR) is 107 cm³/mol. The predicted octanol–water partition coefficient (Wildman–Crippen LogP) is 3.36. The number of nitrogens with one attached hydrogen (secondary N) is 1. The highest BCUT2D eigenvalue weighted by Crippen LogP contribution is 2.11. The molecule has 4 rings (SSSR count). The first kappa shape index (κ1) is 17.7. The van der Waals surface area contributed by atoms with Crippen LogP contribution in [-0.4, -0.2) is 25.0 Å². The van der Waals surface area contributed by atoms with Crippen molar-refractivity contribution < 1.29 is 4.79 Å². The molecule has 6 nitrogen and oxygen atoms in total. The van der Waals surface area contributed by atoms with E-state index in [4.69, 9.17) is 0 Å². The lowest BCUT2D eigenvalue weighted by molar-refractivity contribution is 0.0942. The molecule has 0 aliphatic carbocycles. The molecule has 0 bridgehead atoms. The number of pyridine rings is 1. The number of hydrogen-bond acceptors (Lipinski definition) is 3. The SMILES string of the molecule is Cc1nccn1-c1cc(CNC(=O)c2cccn2Cc2ccccc2)ccn1. The molecule has 1 aromatic carbocycles. The number of nitrogens with zero attached hydrogens (tertiary/aromatic N) is 4. The quantitative estimate of drug-likeness (QED) is 0.565. The zero-order valence-electron chi connectivity index (χ0n) is 15.6. The molecule has 0 fully saturated rings. The van der Waals surface area contributed by atoms with Crippen LogP contribution >= 0.6 is 0 Å². The van der Waals surface area contributed by atoms with Gasteiger partial charge in [0.25, 0.3) is 5.91 Å². The number of hydrogen-bond donors (Lipinski definition) is 1. The third-order valence-corrected chi connectivity index (χ3v) is 4.59. The molecule has 0 radical (unpaired) electrons. The maximum absolute atomic E-state index is 12.7. The summed E-state index contributed by atoms with van der Waals surface area (Å²) in [7, 11) is 0. The second-order valence-electron chi connectivity index (χ2n) is 6.56. The van der Waals surface area contributed by atoms with Gasteiger partial charge in [-0.2, -0.15) is 0 Å². The van der Waals surface area contributed by atoms with Crippen molar-refractivity contribution >= 4 is 5.91 Å². The van der Waals surface area contributed by atoms with Gasteiger partial charge < -0.3 is 9.88 Å². The highest BCUT2D eigenvalue weighted by Gasteiger charge is 2.11. The van der Waals surface area contributed by atoms with Crippen LogP contribution in [0.3, 0.4) is 0 Å². The van der Waals surface area contributed by atoms with Crippen LogP contribution in [-0.2, 0) is 13.1 Å². The number of benzene rings is 1. The van der Waals surface area contributed by atoms with Gasteiger partial charge in [-0.25, -0.2) is 9.97 Å². The summed E-state index contributed by atoms with van der Waals surface area (Å²) in [6, 6.07) is 17.7. The third-order valence-electron chi connectivity index (χ3n) is 4.59. The number of carbonyl (C=O) groups excluding carboxylic acids is 1. The fourth-order valence-electron chi connectivity index (χ4n) is 3.13. The maximum atomic E-state index is 12.7. The minimum atomic E-state index is -0.0990. The lowest BCUT2D eigenvalue weighted by atomic mass is 10.2. The normalized spacial score (nSPS) is 10.8. The summed E-state index contributed by atoms with van der Waals surface area (Å²) >= 11 is 0. The van der Waals surface area contributed by atoms with Crippen molar-refractivity contribution in [3.63, 3.8) is 0 Å². The van der Waals surface area contributed by atoms with Gasteiger partial charge in [0.1, 0.15) is 17.3 Å². The van der Waals surface area contributed by atoms with E-state index in [2.05, 4.69) is 27.4 Å². The minimum Gasteiger partial charge on any atom is -0.347 e. The minimum absolute atomic E-state index is 0.0990. The van der Waals surface area contributed by atoms with E-state index < -0.39 is 0 Å². The van der Waals surface area contributed by atoms with Crippen molar-refractivity contribution in [1.29, 1.82) is 0 Å². The van der Waals surface area contributed by atoms with Crippen LogP contribution in [0.15, 0.2) is 79.4 Å².